The van der Waals surface area contributed by atoms with Gasteiger partial charge in [-0.1, -0.05) is 23.7 Å². The maximum atomic E-state index is 12.5. The summed E-state index contributed by atoms with van der Waals surface area (Å²) in [6.45, 7) is 3.22. The molecule has 1 aliphatic heterocycles. The number of amides is 1. The summed E-state index contributed by atoms with van der Waals surface area (Å²) in [7, 11) is 2.06. The van der Waals surface area contributed by atoms with E-state index in [0.29, 0.717) is 16.4 Å². The van der Waals surface area contributed by atoms with Crippen molar-refractivity contribution in [3.05, 3.63) is 47.4 Å². The summed E-state index contributed by atoms with van der Waals surface area (Å²) in [6.07, 6.45) is 3.18. The zero-order chi connectivity index (χ0) is 15.5. The third-order valence-corrected chi connectivity index (χ3v) is 4.04. The van der Waals surface area contributed by atoms with Gasteiger partial charge in [0.1, 0.15) is 5.69 Å². The van der Waals surface area contributed by atoms with Gasteiger partial charge in [-0.25, -0.2) is 4.98 Å². The molecular formula is C16H17ClN4O. The lowest BCUT2D eigenvalue weighted by molar-refractivity contribution is 0.0658. The highest BCUT2D eigenvalue weighted by Gasteiger charge is 2.21. The summed E-state index contributed by atoms with van der Waals surface area (Å²) >= 11 is 5.89. The lowest BCUT2D eigenvalue weighted by atomic mass is 10.1. The summed E-state index contributed by atoms with van der Waals surface area (Å²) in [6, 6.07) is 7.34. The van der Waals surface area contributed by atoms with Crippen LogP contribution in [0.25, 0.3) is 11.3 Å². The number of halogens is 1. The Hall–Kier alpha value is -1.98. The van der Waals surface area contributed by atoms with E-state index in [0.717, 1.165) is 31.7 Å². The van der Waals surface area contributed by atoms with Crippen LogP contribution in [0.3, 0.4) is 0 Å². The van der Waals surface area contributed by atoms with Crippen LogP contribution in [0.5, 0.6) is 0 Å². The molecule has 0 unspecified atom stereocenters. The molecule has 6 heteroatoms. The predicted octanol–water partition coefficient (Wildman–Crippen LogP) is 2.18. The van der Waals surface area contributed by atoms with Crippen LogP contribution >= 0.6 is 11.6 Å². The van der Waals surface area contributed by atoms with E-state index in [1.165, 1.54) is 6.20 Å². The smallest absolute Gasteiger partial charge is 0.274 e. The molecular weight excluding hydrogens is 300 g/mol. The van der Waals surface area contributed by atoms with Crippen LogP contribution in [-0.4, -0.2) is 58.9 Å². The number of hydrogen-bond acceptors (Lipinski definition) is 4. The molecule has 1 aromatic heterocycles. The minimum atomic E-state index is -0.0589. The van der Waals surface area contributed by atoms with E-state index < -0.39 is 0 Å². The number of piperazine rings is 1. The van der Waals surface area contributed by atoms with E-state index in [9.17, 15) is 4.79 Å². The Bertz CT molecular complexity index is 666. The van der Waals surface area contributed by atoms with Gasteiger partial charge in [0, 0.05) is 36.8 Å². The molecule has 3 rings (SSSR count). The van der Waals surface area contributed by atoms with Crippen molar-refractivity contribution in [1.29, 1.82) is 0 Å². The Labute approximate surface area is 134 Å². The van der Waals surface area contributed by atoms with Crippen molar-refractivity contribution in [3.8, 4) is 11.3 Å². The molecule has 0 N–H and O–H groups in total. The van der Waals surface area contributed by atoms with E-state index in [1.54, 1.807) is 18.3 Å². The van der Waals surface area contributed by atoms with Crippen LogP contribution in [0, 0.1) is 0 Å². The Kier molecular flexibility index (Phi) is 4.36. The Morgan fingerprint density at radius 3 is 2.45 bits per heavy atom. The number of carbonyl (C=O) groups excluding carboxylic acids is 1. The molecule has 1 aromatic carbocycles. The molecule has 0 atom stereocenters. The van der Waals surface area contributed by atoms with Crippen molar-refractivity contribution in [1.82, 2.24) is 19.8 Å². The Morgan fingerprint density at radius 1 is 1.09 bits per heavy atom. The molecule has 1 amide bonds. The lowest BCUT2D eigenvalue weighted by Gasteiger charge is -2.32. The maximum Gasteiger partial charge on any atom is 0.274 e. The Morgan fingerprint density at radius 2 is 1.77 bits per heavy atom. The first-order valence-electron chi connectivity index (χ1n) is 7.19. The number of rotatable bonds is 2. The van der Waals surface area contributed by atoms with Crippen molar-refractivity contribution < 1.29 is 4.79 Å². The normalized spacial score (nSPS) is 15.8. The van der Waals surface area contributed by atoms with Crippen molar-refractivity contribution >= 4 is 17.5 Å². The monoisotopic (exact) mass is 316 g/mol. The minimum absolute atomic E-state index is 0.0589. The largest absolute Gasteiger partial charge is 0.335 e. The van der Waals surface area contributed by atoms with Gasteiger partial charge in [-0.05, 0) is 19.2 Å². The standard InChI is InChI=1S/C16H17ClN4O/c1-20-6-8-21(9-7-20)16(22)15-11-18-10-14(19-15)12-2-4-13(17)5-3-12/h2-5,10-11H,6-9H2,1H3. The summed E-state index contributed by atoms with van der Waals surface area (Å²) in [5.41, 5.74) is 1.96. The van der Waals surface area contributed by atoms with E-state index in [-0.39, 0.29) is 5.91 Å². The van der Waals surface area contributed by atoms with Gasteiger partial charge in [-0.2, -0.15) is 0 Å². The SMILES string of the molecule is CN1CCN(C(=O)c2cncc(-c3ccc(Cl)cc3)n2)CC1. The Balaban J connectivity index is 1.81. The average Bonchev–Trinajstić information content (AvgIpc) is 2.56. The topological polar surface area (TPSA) is 49.3 Å². The fourth-order valence-electron chi connectivity index (χ4n) is 2.40. The number of aromatic nitrogens is 2. The number of carbonyl (C=O) groups is 1. The first kappa shape index (κ1) is 14.9. The van der Waals surface area contributed by atoms with Gasteiger partial charge in [0.2, 0.25) is 0 Å². The second-order valence-corrected chi connectivity index (χ2v) is 5.83. The molecule has 0 bridgehead atoms. The van der Waals surface area contributed by atoms with Gasteiger partial charge < -0.3 is 9.80 Å². The first-order chi connectivity index (χ1) is 10.6. The summed E-state index contributed by atoms with van der Waals surface area (Å²) < 4.78 is 0. The van der Waals surface area contributed by atoms with Crippen LogP contribution in [0.4, 0.5) is 0 Å². The van der Waals surface area contributed by atoms with Crippen LogP contribution < -0.4 is 0 Å². The maximum absolute atomic E-state index is 12.5. The van der Waals surface area contributed by atoms with Gasteiger partial charge in [0.25, 0.3) is 5.91 Å². The molecule has 0 spiro atoms. The van der Waals surface area contributed by atoms with Crippen molar-refractivity contribution in [2.24, 2.45) is 0 Å². The van der Waals surface area contributed by atoms with Gasteiger partial charge in [0.15, 0.2) is 0 Å². The van der Waals surface area contributed by atoms with E-state index >= 15 is 0 Å². The molecule has 114 valence electrons. The molecule has 1 fully saturated rings. The minimum Gasteiger partial charge on any atom is -0.335 e. The molecule has 0 aliphatic carbocycles. The van der Waals surface area contributed by atoms with Crippen LogP contribution in [-0.2, 0) is 0 Å². The number of likely N-dealkylation sites (N-methyl/N-ethyl adjacent to an activating group) is 1. The second kappa shape index (κ2) is 6.42. The van der Waals surface area contributed by atoms with Gasteiger partial charge in [0.05, 0.1) is 18.1 Å². The van der Waals surface area contributed by atoms with Gasteiger partial charge >= 0.3 is 0 Å². The first-order valence-corrected chi connectivity index (χ1v) is 7.57. The average molecular weight is 317 g/mol. The van der Waals surface area contributed by atoms with Crippen LogP contribution in [0.15, 0.2) is 36.7 Å². The molecule has 22 heavy (non-hydrogen) atoms. The number of nitrogens with zero attached hydrogens (tertiary/aromatic N) is 4. The molecule has 1 aliphatic rings. The molecule has 5 nitrogen and oxygen atoms in total. The van der Waals surface area contributed by atoms with Crippen molar-refractivity contribution in [2.45, 2.75) is 0 Å². The predicted molar refractivity (Wildman–Crippen MR) is 85.9 cm³/mol. The van der Waals surface area contributed by atoms with Crippen molar-refractivity contribution in [2.75, 3.05) is 33.2 Å². The zero-order valence-electron chi connectivity index (χ0n) is 12.4. The van der Waals surface area contributed by atoms with E-state index in [4.69, 9.17) is 11.6 Å². The van der Waals surface area contributed by atoms with Crippen LogP contribution in [0.1, 0.15) is 10.5 Å². The molecule has 0 saturated carbocycles. The van der Waals surface area contributed by atoms with Gasteiger partial charge in [-0.15, -0.1) is 0 Å². The molecule has 2 aromatic rings. The quantitative estimate of drug-likeness (QED) is 0.852. The summed E-state index contributed by atoms with van der Waals surface area (Å²) in [5.74, 6) is -0.0589. The molecule has 2 heterocycles. The zero-order valence-corrected chi connectivity index (χ0v) is 13.1. The molecule has 1 saturated heterocycles. The van der Waals surface area contributed by atoms with Crippen LogP contribution in [0.2, 0.25) is 5.02 Å². The highest BCUT2D eigenvalue weighted by atomic mass is 35.5. The summed E-state index contributed by atoms with van der Waals surface area (Å²) in [4.78, 5) is 25.2. The van der Waals surface area contributed by atoms with Gasteiger partial charge in [-0.3, -0.25) is 9.78 Å². The lowest BCUT2D eigenvalue weighted by Crippen LogP contribution is -2.47. The summed E-state index contributed by atoms with van der Waals surface area (Å²) in [5, 5.41) is 0.668. The second-order valence-electron chi connectivity index (χ2n) is 5.39. The molecule has 0 radical (unpaired) electrons. The third kappa shape index (κ3) is 3.26. The van der Waals surface area contributed by atoms with E-state index in [1.807, 2.05) is 17.0 Å². The van der Waals surface area contributed by atoms with Crippen molar-refractivity contribution in [3.63, 3.8) is 0 Å². The number of hydrogen-bond donors (Lipinski definition) is 0. The fourth-order valence-corrected chi connectivity index (χ4v) is 2.53. The fraction of sp³-hybridized carbons (Fsp3) is 0.312. The van der Waals surface area contributed by atoms with E-state index in [2.05, 4.69) is 21.9 Å². The highest BCUT2D eigenvalue weighted by Crippen LogP contribution is 2.19. The third-order valence-electron chi connectivity index (χ3n) is 3.78. The highest BCUT2D eigenvalue weighted by molar-refractivity contribution is 6.30. The number of benzene rings is 1.